The molecule has 3 heteroatoms. The molecule has 1 aromatic carbocycles. The number of hydrogen-bond donors (Lipinski definition) is 3. The first-order chi connectivity index (χ1) is 9.29. The molecule has 3 rings (SSSR count). The van der Waals surface area contributed by atoms with Crippen LogP contribution in [0.1, 0.15) is 42.1 Å². The Morgan fingerprint density at radius 3 is 3.16 bits per heavy atom. The van der Waals surface area contributed by atoms with Crippen molar-refractivity contribution in [3.8, 4) is 0 Å². The lowest BCUT2D eigenvalue weighted by Gasteiger charge is -2.20. The van der Waals surface area contributed by atoms with Gasteiger partial charge in [-0.2, -0.15) is 0 Å². The van der Waals surface area contributed by atoms with Gasteiger partial charge >= 0.3 is 0 Å². The molecule has 1 aromatic heterocycles. The number of nitrogens with two attached hydrogens (primary N) is 1. The third-order valence-corrected chi connectivity index (χ3v) is 4.22. The third kappa shape index (κ3) is 2.40. The summed E-state index contributed by atoms with van der Waals surface area (Å²) >= 11 is 0. The van der Waals surface area contributed by atoms with Gasteiger partial charge in [-0.25, -0.2) is 0 Å². The minimum atomic E-state index is 0.294. The molecule has 0 bridgehead atoms. The highest BCUT2D eigenvalue weighted by molar-refractivity contribution is 5.85. The van der Waals surface area contributed by atoms with Crippen molar-refractivity contribution < 1.29 is 10.4 Å². The summed E-state index contributed by atoms with van der Waals surface area (Å²) in [5.41, 5.74) is 5.55. The highest BCUT2D eigenvalue weighted by Crippen LogP contribution is 2.33. The van der Waals surface area contributed by atoms with E-state index in [-0.39, 0.29) is 0 Å². The number of quaternary nitrogens is 1. The zero-order valence-corrected chi connectivity index (χ0v) is 11.6. The van der Waals surface area contributed by atoms with Crippen LogP contribution in [0.15, 0.2) is 18.2 Å². The van der Waals surface area contributed by atoms with Crippen molar-refractivity contribution >= 4 is 10.9 Å². The summed E-state index contributed by atoms with van der Waals surface area (Å²) in [5.74, 6) is 0. The molecule has 3 nitrogen and oxygen atoms in total. The van der Waals surface area contributed by atoms with Gasteiger partial charge in [0.25, 0.3) is 0 Å². The van der Waals surface area contributed by atoms with E-state index >= 15 is 0 Å². The van der Waals surface area contributed by atoms with Gasteiger partial charge in [0.05, 0.1) is 12.2 Å². The van der Waals surface area contributed by atoms with Crippen molar-refractivity contribution in [1.29, 1.82) is 0 Å². The van der Waals surface area contributed by atoms with Crippen LogP contribution in [0.3, 0.4) is 0 Å². The van der Waals surface area contributed by atoms with Crippen LogP contribution in [0.5, 0.6) is 0 Å². The molecule has 0 saturated heterocycles. The molecule has 0 spiro atoms. The van der Waals surface area contributed by atoms with Gasteiger partial charge in [0.2, 0.25) is 0 Å². The Labute approximate surface area is 114 Å². The second-order valence-electron chi connectivity index (χ2n) is 5.67. The van der Waals surface area contributed by atoms with Gasteiger partial charge in [-0.1, -0.05) is 11.6 Å². The SMILES string of the molecule is Cc1ccc2[nH]c3c(c2c1)CCC[C@@H]3[NH2+]CCCO. The average molecular weight is 259 g/mol. The number of hydrogen-bond acceptors (Lipinski definition) is 1. The van der Waals surface area contributed by atoms with Gasteiger partial charge in [0.15, 0.2) is 0 Å². The maximum atomic E-state index is 8.91. The van der Waals surface area contributed by atoms with Crippen molar-refractivity contribution in [2.75, 3.05) is 13.2 Å². The van der Waals surface area contributed by atoms with Crippen LogP contribution in [0.4, 0.5) is 0 Å². The molecule has 0 aliphatic heterocycles. The molecule has 4 N–H and O–H groups in total. The second kappa shape index (κ2) is 5.35. The van der Waals surface area contributed by atoms with Crippen LogP contribution < -0.4 is 5.32 Å². The lowest BCUT2D eigenvalue weighted by molar-refractivity contribution is -0.698. The summed E-state index contributed by atoms with van der Waals surface area (Å²) in [4.78, 5) is 3.63. The predicted molar refractivity (Wildman–Crippen MR) is 77.2 cm³/mol. The highest BCUT2D eigenvalue weighted by Gasteiger charge is 2.26. The molecule has 0 unspecified atom stereocenters. The van der Waals surface area contributed by atoms with Crippen LogP contribution in [0.2, 0.25) is 0 Å². The zero-order valence-electron chi connectivity index (χ0n) is 11.6. The Morgan fingerprint density at radius 2 is 2.32 bits per heavy atom. The summed E-state index contributed by atoms with van der Waals surface area (Å²) in [6, 6.07) is 7.23. The third-order valence-electron chi connectivity index (χ3n) is 4.22. The molecule has 1 aliphatic carbocycles. The number of rotatable bonds is 4. The largest absolute Gasteiger partial charge is 0.396 e. The van der Waals surface area contributed by atoms with Gasteiger partial charge in [-0.05, 0) is 37.5 Å². The molecule has 19 heavy (non-hydrogen) atoms. The summed E-state index contributed by atoms with van der Waals surface area (Å²) in [5, 5.41) is 12.7. The van der Waals surface area contributed by atoms with Gasteiger partial charge in [0.1, 0.15) is 6.04 Å². The minimum absolute atomic E-state index is 0.294. The normalized spacial score (nSPS) is 18.7. The van der Waals surface area contributed by atoms with Gasteiger partial charge in [-0.3, -0.25) is 0 Å². The Bertz CT molecular complexity index is 573. The van der Waals surface area contributed by atoms with E-state index in [4.69, 9.17) is 5.11 Å². The van der Waals surface area contributed by atoms with E-state index in [0.29, 0.717) is 12.6 Å². The molecular formula is C16H23N2O+. The van der Waals surface area contributed by atoms with E-state index in [2.05, 4.69) is 35.4 Å². The number of aliphatic hydroxyl groups is 1. The van der Waals surface area contributed by atoms with Crippen molar-refractivity contribution in [1.82, 2.24) is 4.98 Å². The maximum Gasteiger partial charge on any atom is 0.127 e. The van der Waals surface area contributed by atoms with Crippen molar-refractivity contribution in [3.05, 3.63) is 35.0 Å². The minimum Gasteiger partial charge on any atom is -0.396 e. The summed E-state index contributed by atoms with van der Waals surface area (Å²) in [6.45, 7) is 3.46. The lowest BCUT2D eigenvalue weighted by atomic mass is 9.91. The fourth-order valence-corrected chi connectivity index (χ4v) is 3.26. The van der Waals surface area contributed by atoms with Gasteiger partial charge in [0, 0.05) is 30.4 Å². The maximum absolute atomic E-state index is 8.91. The van der Waals surface area contributed by atoms with Crippen LogP contribution in [0, 0.1) is 6.92 Å². The van der Waals surface area contributed by atoms with Crippen molar-refractivity contribution in [2.24, 2.45) is 0 Å². The van der Waals surface area contributed by atoms with Gasteiger partial charge < -0.3 is 15.4 Å². The fraction of sp³-hybridized carbons (Fsp3) is 0.500. The smallest absolute Gasteiger partial charge is 0.127 e. The Kier molecular flexibility index (Phi) is 3.58. The van der Waals surface area contributed by atoms with Crippen LogP contribution in [-0.2, 0) is 6.42 Å². The second-order valence-corrected chi connectivity index (χ2v) is 5.67. The monoisotopic (exact) mass is 259 g/mol. The number of aliphatic hydroxyl groups excluding tert-OH is 1. The van der Waals surface area contributed by atoms with E-state index in [1.807, 2.05) is 0 Å². The Hall–Kier alpha value is -1.32. The van der Waals surface area contributed by atoms with Crippen LogP contribution >= 0.6 is 0 Å². The molecule has 1 heterocycles. The van der Waals surface area contributed by atoms with E-state index in [1.165, 1.54) is 47.0 Å². The van der Waals surface area contributed by atoms with Gasteiger partial charge in [-0.15, -0.1) is 0 Å². The molecule has 0 radical (unpaired) electrons. The number of aromatic nitrogens is 1. The van der Waals surface area contributed by atoms with E-state index in [9.17, 15) is 0 Å². The summed E-state index contributed by atoms with van der Waals surface area (Å²) in [6.07, 6.45) is 4.59. The standard InChI is InChI=1S/C16H22N2O/c1-11-6-7-14-13(10-11)12-4-2-5-15(16(12)18-14)17-8-3-9-19/h6-7,10,15,17-19H,2-5,8-9H2,1H3/p+1/t15-/m0/s1. The molecule has 1 aliphatic rings. The van der Waals surface area contributed by atoms with Crippen molar-refractivity contribution in [2.45, 2.75) is 38.6 Å². The van der Waals surface area contributed by atoms with E-state index in [1.54, 1.807) is 0 Å². The zero-order chi connectivity index (χ0) is 13.2. The Balaban J connectivity index is 1.93. The topological polar surface area (TPSA) is 52.6 Å². The molecule has 0 amide bonds. The van der Waals surface area contributed by atoms with Crippen molar-refractivity contribution in [3.63, 3.8) is 0 Å². The predicted octanol–water partition coefficient (Wildman–Crippen LogP) is 1.80. The van der Waals surface area contributed by atoms with Crippen LogP contribution in [0.25, 0.3) is 10.9 Å². The highest BCUT2D eigenvalue weighted by atomic mass is 16.3. The number of aromatic amines is 1. The quantitative estimate of drug-likeness (QED) is 0.721. The number of H-pyrrole nitrogens is 1. The molecular weight excluding hydrogens is 236 g/mol. The Morgan fingerprint density at radius 1 is 1.42 bits per heavy atom. The first-order valence-electron chi connectivity index (χ1n) is 7.35. The number of nitrogens with one attached hydrogen (secondary N) is 1. The molecule has 102 valence electrons. The van der Waals surface area contributed by atoms with E-state index in [0.717, 1.165) is 13.0 Å². The average Bonchev–Trinajstić information content (AvgIpc) is 2.78. The summed E-state index contributed by atoms with van der Waals surface area (Å²) in [7, 11) is 0. The first kappa shape index (κ1) is 12.7. The molecule has 0 saturated carbocycles. The lowest BCUT2D eigenvalue weighted by Crippen LogP contribution is -2.85. The molecule has 2 aromatic rings. The number of benzene rings is 1. The molecule has 0 fully saturated rings. The summed E-state index contributed by atoms with van der Waals surface area (Å²) < 4.78 is 0. The fourth-order valence-electron chi connectivity index (χ4n) is 3.26. The number of fused-ring (bicyclic) bond motifs is 3. The number of aryl methyl sites for hydroxylation is 2. The van der Waals surface area contributed by atoms with Crippen LogP contribution in [-0.4, -0.2) is 23.2 Å². The first-order valence-corrected chi connectivity index (χ1v) is 7.35. The van der Waals surface area contributed by atoms with E-state index < -0.39 is 0 Å². The molecule has 1 atom stereocenters.